The minimum absolute atomic E-state index is 0.239. The highest BCUT2D eigenvalue weighted by atomic mass is 16.1. The van der Waals surface area contributed by atoms with Crippen LogP contribution in [0.4, 0.5) is 5.69 Å². The molecule has 3 heterocycles. The largest absolute Gasteiger partial charge is 0.317 e. The zero-order valence-electron chi connectivity index (χ0n) is 10.3. The molecule has 1 N–H and O–H groups in total. The van der Waals surface area contributed by atoms with Crippen molar-refractivity contribution < 1.29 is 4.79 Å². The third kappa shape index (κ3) is 2.37. The van der Waals surface area contributed by atoms with Crippen molar-refractivity contribution in [2.75, 3.05) is 5.32 Å². The lowest BCUT2D eigenvalue weighted by Gasteiger charge is -2.09. The van der Waals surface area contributed by atoms with Gasteiger partial charge in [-0.25, -0.2) is 14.6 Å². The van der Waals surface area contributed by atoms with E-state index in [2.05, 4.69) is 25.4 Å². The molecule has 0 aliphatic carbocycles. The van der Waals surface area contributed by atoms with Crippen molar-refractivity contribution in [3.8, 4) is 5.82 Å². The summed E-state index contributed by atoms with van der Waals surface area (Å²) < 4.78 is 1.58. The van der Waals surface area contributed by atoms with Gasteiger partial charge in [0.15, 0.2) is 5.82 Å². The summed E-state index contributed by atoms with van der Waals surface area (Å²) in [5, 5.41) is 6.85. The zero-order chi connectivity index (χ0) is 13.8. The van der Waals surface area contributed by atoms with Crippen LogP contribution in [0.1, 0.15) is 10.5 Å². The van der Waals surface area contributed by atoms with Crippen LogP contribution in [-0.4, -0.2) is 30.6 Å². The predicted octanol–water partition coefficient (Wildman–Crippen LogP) is 1.31. The van der Waals surface area contributed by atoms with Gasteiger partial charge in [-0.15, -0.1) is 0 Å². The van der Waals surface area contributed by atoms with Crippen LogP contribution in [0.25, 0.3) is 5.82 Å². The van der Waals surface area contributed by atoms with E-state index in [4.69, 9.17) is 0 Å². The molecule has 3 aromatic heterocycles. The highest BCUT2D eigenvalue weighted by Gasteiger charge is 2.12. The zero-order valence-corrected chi connectivity index (χ0v) is 10.3. The Kier molecular flexibility index (Phi) is 3.15. The van der Waals surface area contributed by atoms with Gasteiger partial charge in [-0.05, 0) is 18.2 Å². The molecule has 0 fully saturated rings. The van der Waals surface area contributed by atoms with Gasteiger partial charge in [0, 0.05) is 31.0 Å². The van der Waals surface area contributed by atoms with E-state index in [1.54, 1.807) is 41.5 Å². The van der Waals surface area contributed by atoms with Gasteiger partial charge in [0.1, 0.15) is 5.69 Å². The van der Waals surface area contributed by atoms with Gasteiger partial charge in [0.2, 0.25) is 0 Å². The Bertz CT molecular complexity index is 711. The van der Waals surface area contributed by atoms with Crippen LogP contribution >= 0.6 is 0 Å². The fraction of sp³-hybridized carbons (Fsp3) is 0. The Labute approximate surface area is 114 Å². The standard InChI is InChI=1S/C13H10N6O/c20-13(11-9-14-6-7-15-11)18-10-3-1-4-16-12(10)19-8-2-5-17-19/h1-9H,(H,18,20). The molecule has 20 heavy (non-hydrogen) atoms. The van der Waals surface area contributed by atoms with Gasteiger partial charge in [-0.2, -0.15) is 5.10 Å². The summed E-state index contributed by atoms with van der Waals surface area (Å²) in [5.74, 6) is 0.189. The molecule has 0 spiro atoms. The monoisotopic (exact) mass is 266 g/mol. The number of nitrogens with zero attached hydrogens (tertiary/aromatic N) is 5. The first-order valence-corrected chi connectivity index (χ1v) is 5.87. The number of carbonyl (C=O) groups excluding carboxylic acids is 1. The molecule has 0 aromatic carbocycles. The maximum absolute atomic E-state index is 12.1. The van der Waals surface area contributed by atoms with E-state index in [9.17, 15) is 4.79 Å². The smallest absolute Gasteiger partial charge is 0.275 e. The molecule has 0 saturated heterocycles. The third-order valence-electron chi connectivity index (χ3n) is 2.55. The third-order valence-corrected chi connectivity index (χ3v) is 2.55. The first-order valence-electron chi connectivity index (χ1n) is 5.87. The van der Waals surface area contributed by atoms with Crippen molar-refractivity contribution in [1.82, 2.24) is 24.7 Å². The molecule has 0 radical (unpaired) electrons. The molecule has 7 heteroatoms. The van der Waals surface area contributed by atoms with E-state index in [1.807, 2.05) is 0 Å². The molecule has 7 nitrogen and oxygen atoms in total. The van der Waals surface area contributed by atoms with Gasteiger partial charge in [-0.3, -0.25) is 9.78 Å². The Morgan fingerprint density at radius 2 is 2.05 bits per heavy atom. The minimum Gasteiger partial charge on any atom is -0.317 e. The summed E-state index contributed by atoms with van der Waals surface area (Å²) in [4.78, 5) is 24.1. The SMILES string of the molecule is O=C(Nc1cccnc1-n1cccn1)c1cnccn1. The summed E-state index contributed by atoms with van der Waals surface area (Å²) in [5.41, 5.74) is 0.787. The number of pyridine rings is 1. The predicted molar refractivity (Wildman–Crippen MR) is 71.3 cm³/mol. The number of nitrogens with one attached hydrogen (secondary N) is 1. The molecule has 0 aliphatic rings. The van der Waals surface area contributed by atoms with Gasteiger partial charge >= 0.3 is 0 Å². The molecule has 3 aromatic rings. The number of amides is 1. The van der Waals surface area contributed by atoms with Crippen LogP contribution in [-0.2, 0) is 0 Å². The average molecular weight is 266 g/mol. The molecule has 0 atom stereocenters. The van der Waals surface area contributed by atoms with Crippen molar-refractivity contribution in [2.45, 2.75) is 0 Å². The number of carbonyl (C=O) groups is 1. The van der Waals surface area contributed by atoms with Crippen molar-refractivity contribution in [1.29, 1.82) is 0 Å². The summed E-state index contributed by atoms with van der Waals surface area (Å²) in [6, 6.07) is 5.26. The maximum atomic E-state index is 12.1. The molecule has 98 valence electrons. The second kappa shape index (κ2) is 5.27. The summed E-state index contributed by atoms with van der Waals surface area (Å²) in [7, 11) is 0. The molecular weight excluding hydrogens is 256 g/mol. The van der Waals surface area contributed by atoms with Gasteiger partial charge in [-0.1, -0.05) is 0 Å². The van der Waals surface area contributed by atoms with Crippen LogP contribution < -0.4 is 5.32 Å². The summed E-state index contributed by atoms with van der Waals surface area (Å²) in [6.45, 7) is 0. The van der Waals surface area contributed by atoms with Crippen LogP contribution in [0.3, 0.4) is 0 Å². The van der Waals surface area contributed by atoms with Crippen LogP contribution in [0, 0.1) is 0 Å². The van der Waals surface area contributed by atoms with Crippen molar-refractivity contribution >= 4 is 11.6 Å². The van der Waals surface area contributed by atoms with E-state index in [0.29, 0.717) is 11.5 Å². The quantitative estimate of drug-likeness (QED) is 0.772. The first kappa shape index (κ1) is 12.0. The van der Waals surface area contributed by atoms with Crippen LogP contribution in [0.2, 0.25) is 0 Å². The number of anilines is 1. The average Bonchev–Trinajstić information content (AvgIpc) is 3.03. The minimum atomic E-state index is -0.348. The second-order valence-electron chi connectivity index (χ2n) is 3.87. The van der Waals surface area contributed by atoms with E-state index < -0.39 is 0 Å². The lowest BCUT2D eigenvalue weighted by atomic mass is 10.3. The molecule has 0 saturated carbocycles. The van der Waals surface area contributed by atoms with E-state index in [-0.39, 0.29) is 11.6 Å². The lowest BCUT2D eigenvalue weighted by molar-refractivity contribution is 0.102. The topological polar surface area (TPSA) is 85.6 Å². The first-order chi connectivity index (χ1) is 9.84. The normalized spacial score (nSPS) is 10.2. The summed E-state index contributed by atoms with van der Waals surface area (Å²) >= 11 is 0. The Hall–Kier alpha value is -3.09. The fourth-order valence-electron chi connectivity index (χ4n) is 1.67. The number of hydrogen-bond acceptors (Lipinski definition) is 5. The summed E-state index contributed by atoms with van der Waals surface area (Å²) in [6.07, 6.45) is 9.40. The van der Waals surface area contributed by atoms with E-state index >= 15 is 0 Å². The molecule has 0 unspecified atom stereocenters. The fourth-order valence-corrected chi connectivity index (χ4v) is 1.67. The maximum Gasteiger partial charge on any atom is 0.275 e. The van der Waals surface area contributed by atoms with Crippen molar-refractivity contribution in [3.05, 3.63) is 61.1 Å². The second-order valence-corrected chi connectivity index (χ2v) is 3.87. The highest BCUT2D eigenvalue weighted by Crippen LogP contribution is 2.16. The number of rotatable bonds is 3. The molecule has 0 aliphatic heterocycles. The molecule has 3 rings (SSSR count). The highest BCUT2D eigenvalue weighted by molar-refractivity contribution is 6.03. The Morgan fingerprint density at radius 1 is 1.10 bits per heavy atom. The number of aromatic nitrogens is 5. The molecule has 1 amide bonds. The Balaban J connectivity index is 1.90. The van der Waals surface area contributed by atoms with E-state index in [1.165, 1.54) is 18.6 Å². The van der Waals surface area contributed by atoms with Crippen molar-refractivity contribution in [3.63, 3.8) is 0 Å². The van der Waals surface area contributed by atoms with Crippen LogP contribution in [0.15, 0.2) is 55.4 Å². The molecule has 0 bridgehead atoms. The van der Waals surface area contributed by atoms with E-state index in [0.717, 1.165) is 0 Å². The number of hydrogen-bond donors (Lipinski definition) is 1. The lowest BCUT2D eigenvalue weighted by Crippen LogP contribution is -2.16. The van der Waals surface area contributed by atoms with Crippen LogP contribution in [0.5, 0.6) is 0 Å². The van der Waals surface area contributed by atoms with Gasteiger partial charge < -0.3 is 5.32 Å². The van der Waals surface area contributed by atoms with Crippen molar-refractivity contribution in [2.24, 2.45) is 0 Å². The Morgan fingerprint density at radius 3 is 2.80 bits per heavy atom. The van der Waals surface area contributed by atoms with Gasteiger partial charge in [0.25, 0.3) is 5.91 Å². The van der Waals surface area contributed by atoms with Gasteiger partial charge in [0.05, 0.1) is 11.9 Å². The molecular formula is C13H10N6O.